The maximum absolute atomic E-state index is 13.1. The first-order chi connectivity index (χ1) is 12.1. The monoisotopic (exact) mass is 399 g/mol. The molecule has 2 amide bonds. The fourth-order valence-corrected chi connectivity index (χ4v) is 5.05. The Bertz CT molecular complexity index is 634. The van der Waals surface area contributed by atoms with Gasteiger partial charge in [-0.05, 0) is 56.1 Å². The van der Waals surface area contributed by atoms with E-state index in [-0.39, 0.29) is 30.3 Å². The van der Waals surface area contributed by atoms with Gasteiger partial charge in [-0.15, -0.1) is 23.7 Å². The van der Waals surface area contributed by atoms with Crippen molar-refractivity contribution in [2.24, 2.45) is 11.7 Å². The van der Waals surface area contributed by atoms with Gasteiger partial charge < -0.3 is 16.0 Å². The van der Waals surface area contributed by atoms with E-state index >= 15 is 0 Å². The molecule has 0 spiro atoms. The topological polar surface area (TPSA) is 75.4 Å². The van der Waals surface area contributed by atoms with E-state index in [4.69, 9.17) is 5.73 Å². The summed E-state index contributed by atoms with van der Waals surface area (Å²) in [5.41, 5.74) is 6.80. The van der Waals surface area contributed by atoms with Crippen LogP contribution in [0.25, 0.3) is 0 Å². The van der Waals surface area contributed by atoms with E-state index in [0.717, 1.165) is 43.5 Å². The molecule has 3 rings (SSSR count). The first-order valence-electron chi connectivity index (χ1n) is 9.47. The number of nitrogens with two attached hydrogens (primary N) is 1. The van der Waals surface area contributed by atoms with Gasteiger partial charge in [-0.2, -0.15) is 0 Å². The highest BCUT2D eigenvalue weighted by molar-refractivity contribution is 7.14. The van der Waals surface area contributed by atoms with Crippen LogP contribution in [0.5, 0.6) is 0 Å². The number of amides is 2. The molecule has 1 aromatic rings. The Hall–Kier alpha value is -1.11. The predicted octanol–water partition coefficient (Wildman–Crippen LogP) is 2.75. The lowest BCUT2D eigenvalue weighted by molar-refractivity contribution is -0.121. The van der Waals surface area contributed by atoms with Crippen molar-refractivity contribution in [1.82, 2.24) is 10.2 Å². The molecule has 0 saturated carbocycles. The molecule has 5 nitrogen and oxygen atoms in total. The number of nitrogens with zero attached hydrogens (tertiary/aromatic N) is 1. The molecule has 0 bridgehead atoms. The van der Waals surface area contributed by atoms with Crippen molar-refractivity contribution in [3.8, 4) is 0 Å². The Morgan fingerprint density at radius 3 is 2.92 bits per heavy atom. The number of rotatable bonds is 5. The number of hydrogen-bond donors (Lipinski definition) is 2. The molecule has 2 heterocycles. The van der Waals surface area contributed by atoms with Gasteiger partial charge in [0.05, 0.1) is 4.88 Å². The van der Waals surface area contributed by atoms with Gasteiger partial charge in [-0.25, -0.2) is 0 Å². The molecule has 7 heteroatoms. The second-order valence-corrected chi connectivity index (χ2v) is 8.53. The second kappa shape index (κ2) is 9.72. The standard InChI is InChI=1S/C19H29N3O2S.ClH/c1-13-5-6-16-14(10-13)11-17(25-16)19(24)22-9-3-2-4-15(22)12-21-18(23)7-8-20;/h11,13,15H,2-10,12,20H2,1H3,(H,21,23);1H. The van der Waals surface area contributed by atoms with Crippen molar-refractivity contribution >= 4 is 35.6 Å². The number of hydrogen-bond acceptors (Lipinski definition) is 4. The lowest BCUT2D eigenvalue weighted by Gasteiger charge is -2.35. The normalized spacial score (nSPS) is 22.3. The zero-order valence-electron chi connectivity index (χ0n) is 15.5. The molecule has 2 unspecified atom stereocenters. The quantitative estimate of drug-likeness (QED) is 0.799. The minimum Gasteiger partial charge on any atom is -0.354 e. The highest BCUT2D eigenvalue weighted by atomic mass is 35.5. The van der Waals surface area contributed by atoms with Gasteiger partial charge in [0, 0.05) is 37.0 Å². The molecule has 0 radical (unpaired) electrons. The zero-order valence-corrected chi connectivity index (χ0v) is 17.1. The van der Waals surface area contributed by atoms with Crippen molar-refractivity contribution in [3.05, 3.63) is 21.4 Å². The maximum Gasteiger partial charge on any atom is 0.264 e. The van der Waals surface area contributed by atoms with E-state index in [1.165, 1.54) is 16.9 Å². The molecule has 1 saturated heterocycles. The molecule has 1 aromatic heterocycles. The van der Waals surface area contributed by atoms with Crippen molar-refractivity contribution < 1.29 is 9.59 Å². The SMILES string of the molecule is CC1CCc2sc(C(=O)N3CCCCC3CNC(=O)CCN)cc2C1.Cl. The summed E-state index contributed by atoms with van der Waals surface area (Å²) >= 11 is 1.68. The molecule has 1 aliphatic carbocycles. The second-order valence-electron chi connectivity index (χ2n) is 7.40. The van der Waals surface area contributed by atoms with Crippen LogP contribution in [0.3, 0.4) is 0 Å². The summed E-state index contributed by atoms with van der Waals surface area (Å²) in [6.45, 7) is 3.97. The zero-order chi connectivity index (χ0) is 17.8. The molecular weight excluding hydrogens is 370 g/mol. The van der Waals surface area contributed by atoms with Crippen LogP contribution in [0.2, 0.25) is 0 Å². The Morgan fingerprint density at radius 2 is 2.15 bits per heavy atom. The number of aryl methyl sites for hydroxylation is 1. The van der Waals surface area contributed by atoms with E-state index in [0.29, 0.717) is 25.4 Å². The van der Waals surface area contributed by atoms with Crippen molar-refractivity contribution in [2.45, 2.75) is 57.9 Å². The molecule has 26 heavy (non-hydrogen) atoms. The summed E-state index contributed by atoms with van der Waals surface area (Å²) in [5.74, 6) is 0.830. The largest absolute Gasteiger partial charge is 0.354 e. The van der Waals surface area contributed by atoms with E-state index in [1.807, 2.05) is 4.90 Å². The summed E-state index contributed by atoms with van der Waals surface area (Å²) in [6, 6.07) is 2.22. The number of piperidine rings is 1. The minimum absolute atomic E-state index is 0. The van der Waals surface area contributed by atoms with Gasteiger partial charge in [0.25, 0.3) is 5.91 Å². The van der Waals surface area contributed by atoms with Gasteiger partial charge in [0.1, 0.15) is 0 Å². The molecule has 3 N–H and O–H groups in total. The summed E-state index contributed by atoms with van der Waals surface area (Å²) in [7, 11) is 0. The van der Waals surface area contributed by atoms with Gasteiger partial charge >= 0.3 is 0 Å². The molecule has 1 fully saturated rings. The number of carbonyl (C=O) groups is 2. The summed E-state index contributed by atoms with van der Waals surface area (Å²) in [5, 5.41) is 2.93. The summed E-state index contributed by atoms with van der Waals surface area (Å²) < 4.78 is 0. The van der Waals surface area contributed by atoms with Crippen LogP contribution < -0.4 is 11.1 Å². The maximum atomic E-state index is 13.1. The number of nitrogens with one attached hydrogen (secondary N) is 1. The fourth-order valence-electron chi connectivity index (χ4n) is 3.88. The van der Waals surface area contributed by atoms with Crippen LogP contribution in [0.1, 0.15) is 59.1 Å². The Balaban J connectivity index is 0.00000243. The number of fused-ring (bicyclic) bond motifs is 1. The van der Waals surface area contributed by atoms with Crippen LogP contribution in [0, 0.1) is 5.92 Å². The average Bonchev–Trinajstić information content (AvgIpc) is 3.03. The molecule has 0 aromatic carbocycles. The third-order valence-corrected chi connectivity index (χ3v) is 6.56. The third-order valence-electron chi connectivity index (χ3n) is 5.33. The Kier molecular flexibility index (Phi) is 7.92. The molecule has 1 aliphatic heterocycles. The van der Waals surface area contributed by atoms with Crippen molar-refractivity contribution in [2.75, 3.05) is 19.6 Å². The third kappa shape index (κ3) is 4.99. The highest BCUT2D eigenvalue weighted by Crippen LogP contribution is 2.33. The van der Waals surface area contributed by atoms with E-state index in [2.05, 4.69) is 18.3 Å². The van der Waals surface area contributed by atoms with Crippen LogP contribution in [0.15, 0.2) is 6.07 Å². The first kappa shape index (κ1) is 21.2. The lowest BCUT2D eigenvalue weighted by atomic mass is 9.90. The molecule has 146 valence electrons. The molecule has 2 atom stereocenters. The van der Waals surface area contributed by atoms with Crippen molar-refractivity contribution in [3.63, 3.8) is 0 Å². The van der Waals surface area contributed by atoms with Crippen LogP contribution in [-0.2, 0) is 17.6 Å². The average molecular weight is 400 g/mol. The fraction of sp³-hybridized carbons (Fsp3) is 0.684. The first-order valence-corrected chi connectivity index (χ1v) is 10.3. The molecular formula is C19H30ClN3O2S. The predicted molar refractivity (Wildman–Crippen MR) is 108 cm³/mol. The van der Waals surface area contributed by atoms with Crippen LogP contribution >= 0.6 is 23.7 Å². The van der Waals surface area contributed by atoms with Crippen LogP contribution in [-0.4, -0.2) is 42.4 Å². The van der Waals surface area contributed by atoms with E-state index < -0.39 is 0 Å². The van der Waals surface area contributed by atoms with Crippen LogP contribution in [0.4, 0.5) is 0 Å². The summed E-state index contributed by atoms with van der Waals surface area (Å²) in [6.07, 6.45) is 6.87. The summed E-state index contributed by atoms with van der Waals surface area (Å²) in [4.78, 5) is 29.0. The number of carbonyl (C=O) groups excluding carboxylic acids is 2. The van der Waals surface area contributed by atoms with Gasteiger partial charge in [0.2, 0.25) is 5.91 Å². The van der Waals surface area contributed by atoms with Gasteiger partial charge in [-0.3, -0.25) is 9.59 Å². The van der Waals surface area contributed by atoms with Gasteiger partial charge in [-0.1, -0.05) is 6.92 Å². The highest BCUT2D eigenvalue weighted by Gasteiger charge is 2.30. The van der Waals surface area contributed by atoms with Crippen molar-refractivity contribution in [1.29, 1.82) is 0 Å². The Labute approximate surface area is 166 Å². The van der Waals surface area contributed by atoms with E-state index in [1.54, 1.807) is 11.3 Å². The Morgan fingerprint density at radius 1 is 1.35 bits per heavy atom. The lowest BCUT2D eigenvalue weighted by Crippen LogP contribution is -2.49. The van der Waals surface area contributed by atoms with E-state index in [9.17, 15) is 9.59 Å². The number of thiophene rings is 1. The smallest absolute Gasteiger partial charge is 0.264 e. The number of halogens is 1. The minimum atomic E-state index is -0.0268. The molecule has 2 aliphatic rings. The number of likely N-dealkylation sites (tertiary alicyclic amines) is 1. The van der Waals surface area contributed by atoms with Gasteiger partial charge in [0.15, 0.2) is 0 Å².